The Labute approximate surface area is 89.7 Å². The van der Waals surface area contributed by atoms with Gasteiger partial charge in [-0.2, -0.15) is 0 Å². The van der Waals surface area contributed by atoms with Crippen molar-refractivity contribution in [2.24, 2.45) is 0 Å². The minimum Gasteiger partial charge on any atom is -0.396 e. The number of halogens is 3. The maximum absolute atomic E-state index is 13.0. The predicted octanol–water partition coefficient (Wildman–Crippen LogP) is 3.17. The van der Waals surface area contributed by atoms with Gasteiger partial charge in [-0.25, -0.2) is 4.39 Å². The molecule has 1 rings (SSSR count). The molecule has 0 saturated heterocycles. The first-order valence-corrected chi connectivity index (χ1v) is 5.06. The van der Waals surface area contributed by atoms with Gasteiger partial charge >= 0.3 is 0 Å². The average Bonchev–Trinajstić information content (AvgIpc) is 2.10. The number of aliphatic hydroxyl groups is 1. The van der Waals surface area contributed by atoms with Gasteiger partial charge in [0.05, 0.1) is 5.02 Å². The number of benzene rings is 1. The third-order valence-electron chi connectivity index (χ3n) is 1.67. The first kappa shape index (κ1) is 11.0. The van der Waals surface area contributed by atoms with Crippen LogP contribution in [0.25, 0.3) is 0 Å². The van der Waals surface area contributed by atoms with Crippen molar-refractivity contribution in [3.8, 4) is 0 Å². The molecule has 0 aliphatic carbocycles. The summed E-state index contributed by atoms with van der Waals surface area (Å²) in [6, 6.07) is 3.16. The van der Waals surface area contributed by atoms with Crippen LogP contribution in [0, 0.1) is 5.82 Å². The molecular weight excluding hydrogens is 258 g/mol. The van der Waals surface area contributed by atoms with E-state index in [0.29, 0.717) is 17.3 Å². The lowest BCUT2D eigenvalue weighted by Crippen LogP contribution is -1.91. The van der Waals surface area contributed by atoms with Crippen LogP contribution in [0.1, 0.15) is 12.0 Å². The van der Waals surface area contributed by atoms with Crippen LogP contribution in [0.15, 0.2) is 16.6 Å². The van der Waals surface area contributed by atoms with E-state index in [9.17, 15) is 4.39 Å². The number of aryl methyl sites for hydroxylation is 1. The van der Waals surface area contributed by atoms with Gasteiger partial charge in [0.15, 0.2) is 0 Å². The van der Waals surface area contributed by atoms with Crippen molar-refractivity contribution in [2.75, 3.05) is 6.61 Å². The fourth-order valence-electron chi connectivity index (χ4n) is 1.04. The van der Waals surface area contributed by atoms with Crippen LogP contribution >= 0.6 is 27.5 Å². The summed E-state index contributed by atoms with van der Waals surface area (Å²) in [5.74, 6) is -0.427. The van der Waals surface area contributed by atoms with E-state index in [0.717, 1.165) is 5.56 Å². The van der Waals surface area contributed by atoms with Gasteiger partial charge in [0.25, 0.3) is 0 Å². The van der Waals surface area contributed by atoms with Crippen molar-refractivity contribution in [1.29, 1.82) is 0 Å². The minimum absolute atomic E-state index is 0.104. The lowest BCUT2D eigenvalue weighted by Gasteiger charge is -2.03. The SMILES string of the molecule is OCCCc1cc(F)c(Cl)c(Br)c1. The molecule has 0 heterocycles. The smallest absolute Gasteiger partial charge is 0.143 e. The summed E-state index contributed by atoms with van der Waals surface area (Å²) in [7, 11) is 0. The Kier molecular flexibility index (Phi) is 4.16. The summed E-state index contributed by atoms with van der Waals surface area (Å²) in [5.41, 5.74) is 0.836. The van der Waals surface area contributed by atoms with E-state index in [-0.39, 0.29) is 11.6 Å². The second-order valence-corrected chi connectivity index (χ2v) is 3.93. The molecule has 0 aromatic heterocycles. The largest absolute Gasteiger partial charge is 0.396 e. The summed E-state index contributed by atoms with van der Waals surface area (Å²) in [6.07, 6.45) is 1.29. The molecule has 1 aromatic carbocycles. The molecule has 0 fully saturated rings. The van der Waals surface area contributed by atoms with Crippen LogP contribution < -0.4 is 0 Å². The highest BCUT2D eigenvalue weighted by atomic mass is 79.9. The fourth-order valence-corrected chi connectivity index (χ4v) is 1.63. The Morgan fingerprint density at radius 2 is 2.15 bits per heavy atom. The molecule has 4 heteroatoms. The van der Waals surface area contributed by atoms with Crippen LogP contribution in [0.5, 0.6) is 0 Å². The van der Waals surface area contributed by atoms with E-state index < -0.39 is 5.82 Å². The van der Waals surface area contributed by atoms with Crippen LogP contribution in [-0.2, 0) is 6.42 Å². The fraction of sp³-hybridized carbons (Fsp3) is 0.333. The van der Waals surface area contributed by atoms with Gasteiger partial charge in [-0.15, -0.1) is 0 Å². The molecule has 0 bridgehead atoms. The quantitative estimate of drug-likeness (QED) is 0.834. The molecule has 1 aromatic rings. The molecule has 1 nitrogen and oxygen atoms in total. The summed E-state index contributed by atoms with van der Waals surface area (Å²) in [6.45, 7) is 0.113. The van der Waals surface area contributed by atoms with E-state index in [2.05, 4.69) is 15.9 Å². The summed E-state index contributed by atoms with van der Waals surface area (Å²) in [5, 5.41) is 8.69. The van der Waals surface area contributed by atoms with Gasteiger partial charge in [0.2, 0.25) is 0 Å². The van der Waals surface area contributed by atoms with E-state index >= 15 is 0 Å². The molecule has 0 amide bonds. The monoisotopic (exact) mass is 266 g/mol. The molecule has 72 valence electrons. The van der Waals surface area contributed by atoms with Gasteiger partial charge in [0, 0.05) is 11.1 Å². The molecule has 0 radical (unpaired) electrons. The Morgan fingerprint density at radius 3 is 2.69 bits per heavy atom. The molecule has 0 aliphatic heterocycles. The lowest BCUT2D eigenvalue weighted by molar-refractivity contribution is 0.288. The van der Waals surface area contributed by atoms with E-state index in [1.807, 2.05) is 0 Å². The topological polar surface area (TPSA) is 20.2 Å². The molecule has 13 heavy (non-hydrogen) atoms. The van der Waals surface area contributed by atoms with Crippen molar-refractivity contribution in [1.82, 2.24) is 0 Å². The van der Waals surface area contributed by atoms with Crippen LogP contribution in [0.2, 0.25) is 5.02 Å². The van der Waals surface area contributed by atoms with Crippen molar-refractivity contribution < 1.29 is 9.50 Å². The summed E-state index contributed by atoms with van der Waals surface area (Å²) in [4.78, 5) is 0. The maximum atomic E-state index is 13.0. The normalized spacial score (nSPS) is 10.5. The Hall–Kier alpha value is -0.120. The third-order valence-corrected chi connectivity index (χ3v) is 2.91. The number of hydrogen-bond acceptors (Lipinski definition) is 1. The lowest BCUT2D eigenvalue weighted by atomic mass is 10.1. The predicted molar refractivity (Wildman–Crippen MR) is 54.5 cm³/mol. The highest BCUT2D eigenvalue weighted by Crippen LogP contribution is 2.27. The van der Waals surface area contributed by atoms with Crippen LogP contribution in [0.4, 0.5) is 4.39 Å². The molecule has 0 spiro atoms. The van der Waals surface area contributed by atoms with Gasteiger partial charge in [0.1, 0.15) is 5.82 Å². The van der Waals surface area contributed by atoms with Gasteiger partial charge < -0.3 is 5.11 Å². The Balaban J connectivity index is 2.86. The van der Waals surface area contributed by atoms with Crippen LogP contribution in [0.3, 0.4) is 0 Å². The number of hydrogen-bond donors (Lipinski definition) is 1. The van der Waals surface area contributed by atoms with Gasteiger partial charge in [-0.1, -0.05) is 11.6 Å². The first-order chi connectivity index (χ1) is 6.15. The molecule has 0 saturated carbocycles. The maximum Gasteiger partial charge on any atom is 0.143 e. The van der Waals surface area contributed by atoms with Crippen LogP contribution in [-0.4, -0.2) is 11.7 Å². The van der Waals surface area contributed by atoms with Gasteiger partial charge in [-0.05, 0) is 46.5 Å². The zero-order valence-electron chi connectivity index (χ0n) is 6.86. The number of rotatable bonds is 3. The molecule has 0 unspecified atom stereocenters. The summed E-state index contributed by atoms with van der Waals surface area (Å²) >= 11 is 8.77. The van der Waals surface area contributed by atoms with E-state index in [1.54, 1.807) is 6.07 Å². The van der Waals surface area contributed by atoms with E-state index in [1.165, 1.54) is 6.07 Å². The Bertz CT molecular complexity index is 281. The zero-order valence-corrected chi connectivity index (χ0v) is 9.20. The second kappa shape index (κ2) is 4.94. The molecule has 0 aliphatic rings. The molecule has 0 atom stereocenters. The van der Waals surface area contributed by atoms with Crippen molar-refractivity contribution >= 4 is 27.5 Å². The third kappa shape index (κ3) is 2.93. The second-order valence-electron chi connectivity index (χ2n) is 2.70. The first-order valence-electron chi connectivity index (χ1n) is 3.89. The average molecular weight is 268 g/mol. The Morgan fingerprint density at radius 1 is 1.46 bits per heavy atom. The minimum atomic E-state index is -0.427. The molecule has 1 N–H and O–H groups in total. The van der Waals surface area contributed by atoms with Crippen molar-refractivity contribution in [3.05, 3.63) is 33.0 Å². The van der Waals surface area contributed by atoms with Gasteiger partial charge in [-0.3, -0.25) is 0 Å². The van der Waals surface area contributed by atoms with Crippen molar-refractivity contribution in [3.63, 3.8) is 0 Å². The van der Waals surface area contributed by atoms with E-state index in [4.69, 9.17) is 16.7 Å². The van der Waals surface area contributed by atoms with Crippen molar-refractivity contribution in [2.45, 2.75) is 12.8 Å². The highest BCUT2D eigenvalue weighted by Gasteiger charge is 2.06. The highest BCUT2D eigenvalue weighted by molar-refractivity contribution is 9.10. The standard InChI is InChI=1S/C9H9BrClFO/c10-7-4-6(2-1-3-13)5-8(12)9(7)11/h4-5,13H,1-3H2. The number of aliphatic hydroxyl groups excluding tert-OH is 1. The zero-order chi connectivity index (χ0) is 9.84. The molecular formula is C9H9BrClFO. The summed E-state index contributed by atoms with van der Waals surface area (Å²) < 4.78 is 13.6.